The van der Waals surface area contributed by atoms with Gasteiger partial charge in [-0.2, -0.15) is 0 Å². The molecule has 2 N–H and O–H groups in total. The molecule has 0 saturated carbocycles. The predicted molar refractivity (Wildman–Crippen MR) is 74.8 cm³/mol. The first kappa shape index (κ1) is 15.0. The number of rotatable bonds is 7. The Morgan fingerprint density at radius 2 is 1.78 bits per heavy atom. The van der Waals surface area contributed by atoms with E-state index in [1.54, 1.807) is 7.11 Å². The summed E-state index contributed by atoms with van der Waals surface area (Å²) in [5.41, 5.74) is 7.31. The van der Waals surface area contributed by atoms with Crippen LogP contribution in [0.3, 0.4) is 0 Å². The number of ether oxygens (including phenoxy) is 2. The van der Waals surface area contributed by atoms with Crippen molar-refractivity contribution < 1.29 is 9.47 Å². The van der Waals surface area contributed by atoms with Crippen LogP contribution in [-0.2, 0) is 4.74 Å². The van der Waals surface area contributed by atoms with Gasteiger partial charge in [0.05, 0.1) is 18.2 Å². The number of hydrogen-bond acceptors (Lipinski definition) is 3. The van der Waals surface area contributed by atoms with Gasteiger partial charge in [0.2, 0.25) is 0 Å². The molecule has 0 aliphatic carbocycles. The summed E-state index contributed by atoms with van der Waals surface area (Å²) in [6, 6.07) is 7.89. The highest BCUT2D eigenvalue weighted by molar-refractivity contribution is 5.29. The second-order valence-electron chi connectivity index (χ2n) is 4.82. The first-order valence-electron chi connectivity index (χ1n) is 6.63. The van der Waals surface area contributed by atoms with Gasteiger partial charge in [-0.25, -0.2) is 0 Å². The van der Waals surface area contributed by atoms with E-state index in [0.717, 1.165) is 24.2 Å². The summed E-state index contributed by atoms with van der Waals surface area (Å²) in [6.07, 6.45) is 2.31. The minimum Gasteiger partial charge on any atom is -0.491 e. The third-order valence-electron chi connectivity index (χ3n) is 2.91. The summed E-state index contributed by atoms with van der Waals surface area (Å²) in [7, 11) is 1.72. The summed E-state index contributed by atoms with van der Waals surface area (Å²) < 4.78 is 11.1. The van der Waals surface area contributed by atoms with Gasteiger partial charge in [0.15, 0.2) is 0 Å². The van der Waals surface area contributed by atoms with Crippen molar-refractivity contribution in [3.8, 4) is 5.75 Å². The number of nitrogens with two attached hydrogens (primary N) is 1. The van der Waals surface area contributed by atoms with Crippen molar-refractivity contribution >= 4 is 0 Å². The van der Waals surface area contributed by atoms with Gasteiger partial charge in [0.1, 0.15) is 5.75 Å². The summed E-state index contributed by atoms with van der Waals surface area (Å²) in [4.78, 5) is 0. The van der Waals surface area contributed by atoms with Crippen LogP contribution in [-0.4, -0.2) is 19.3 Å². The predicted octanol–water partition coefficient (Wildman–Crippen LogP) is 3.29. The Morgan fingerprint density at radius 3 is 2.22 bits per heavy atom. The Hall–Kier alpha value is -1.06. The lowest BCUT2D eigenvalue weighted by atomic mass is 9.99. The van der Waals surface area contributed by atoms with Crippen molar-refractivity contribution in [1.29, 1.82) is 0 Å². The number of methoxy groups -OCH3 is 1. The summed E-state index contributed by atoms with van der Waals surface area (Å²) in [5.74, 6) is 0.880. The fourth-order valence-corrected chi connectivity index (χ4v) is 1.98. The molecule has 3 nitrogen and oxygen atoms in total. The molecule has 1 aromatic carbocycles. The quantitative estimate of drug-likeness (QED) is 0.808. The molecule has 0 spiro atoms. The van der Waals surface area contributed by atoms with Crippen LogP contribution in [0, 0.1) is 0 Å². The molecule has 0 aromatic heterocycles. The highest BCUT2D eigenvalue weighted by atomic mass is 16.5. The average molecular weight is 251 g/mol. The van der Waals surface area contributed by atoms with E-state index < -0.39 is 0 Å². The van der Waals surface area contributed by atoms with E-state index in [9.17, 15) is 0 Å². The van der Waals surface area contributed by atoms with Crippen molar-refractivity contribution in [2.75, 3.05) is 7.11 Å². The van der Waals surface area contributed by atoms with Gasteiger partial charge < -0.3 is 15.2 Å². The van der Waals surface area contributed by atoms with E-state index in [2.05, 4.69) is 6.92 Å². The van der Waals surface area contributed by atoms with Crippen LogP contribution in [0.1, 0.15) is 45.2 Å². The Labute approximate surface area is 110 Å². The highest BCUT2D eigenvalue weighted by Crippen LogP contribution is 2.22. The molecule has 102 valence electrons. The molecule has 0 amide bonds. The normalized spacial score (nSPS) is 14.6. The van der Waals surface area contributed by atoms with Crippen LogP contribution >= 0.6 is 0 Å². The molecule has 0 radical (unpaired) electrons. The number of hydrogen-bond donors (Lipinski definition) is 1. The topological polar surface area (TPSA) is 44.5 Å². The second-order valence-corrected chi connectivity index (χ2v) is 4.82. The largest absolute Gasteiger partial charge is 0.491 e. The molecular weight excluding hydrogens is 226 g/mol. The van der Waals surface area contributed by atoms with Crippen LogP contribution in [0.15, 0.2) is 24.3 Å². The van der Waals surface area contributed by atoms with E-state index in [1.165, 1.54) is 0 Å². The van der Waals surface area contributed by atoms with Crippen molar-refractivity contribution in [2.24, 2.45) is 5.73 Å². The van der Waals surface area contributed by atoms with E-state index in [1.807, 2.05) is 38.1 Å². The molecule has 0 aliphatic heterocycles. The van der Waals surface area contributed by atoms with Crippen molar-refractivity contribution in [3.05, 3.63) is 29.8 Å². The maximum absolute atomic E-state index is 6.22. The lowest BCUT2D eigenvalue weighted by molar-refractivity contribution is 0.0725. The van der Waals surface area contributed by atoms with Gasteiger partial charge in [-0.1, -0.05) is 25.5 Å². The van der Waals surface area contributed by atoms with Crippen molar-refractivity contribution in [2.45, 2.75) is 51.9 Å². The zero-order chi connectivity index (χ0) is 13.5. The molecule has 2 unspecified atom stereocenters. The van der Waals surface area contributed by atoms with Gasteiger partial charge in [-0.15, -0.1) is 0 Å². The minimum absolute atomic E-state index is 0.0758. The number of benzene rings is 1. The molecule has 1 rings (SSSR count). The molecule has 0 fully saturated rings. The average Bonchev–Trinajstić information content (AvgIpc) is 2.35. The molecule has 0 heterocycles. The van der Waals surface area contributed by atoms with Gasteiger partial charge in [0.25, 0.3) is 0 Å². The van der Waals surface area contributed by atoms with Gasteiger partial charge in [-0.3, -0.25) is 0 Å². The molecule has 0 saturated heterocycles. The lowest BCUT2D eigenvalue weighted by Crippen LogP contribution is -2.27. The third-order valence-corrected chi connectivity index (χ3v) is 2.91. The van der Waals surface area contributed by atoms with Gasteiger partial charge in [0, 0.05) is 7.11 Å². The first-order chi connectivity index (χ1) is 8.58. The monoisotopic (exact) mass is 251 g/mol. The van der Waals surface area contributed by atoms with Crippen LogP contribution < -0.4 is 10.5 Å². The van der Waals surface area contributed by atoms with Crippen LogP contribution in [0.25, 0.3) is 0 Å². The fraction of sp³-hybridized carbons (Fsp3) is 0.600. The van der Waals surface area contributed by atoms with Crippen LogP contribution in [0.2, 0.25) is 0 Å². The van der Waals surface area contributed by atoms with E-state index in [-0.39, 0.29) is 18.2 Å². The Balaban J connectivity index is 2.71. The minimum atomic E-state index is -0.0805. The van der Waals surface area contributed by atoms with Gasteiger partial charge >= 0.3 is 0 Å². The lowest BCUT2D eigenvalue weighted by Gasteiger charge is -2.22. The summed E-state index contributed by atoms with van der Waals surface area (Å²) in [6.45, 7) is 6.17. The van der Waals surface area contributed by atoms with Crippen LogP contribution in [0.4, 0.5) is 0 Å². The third kappa shape index (κ3) is 4.31. The standard InChI is InChI=1S/C15H25NO2/c1-5-6-14(17-4)15(16)12-7-9-13(10-8-12)18-11(2)3/h7-11,14-15H,5-6,16H2,1-4H3. The fourth-order valence-electron chi connectivity index (χ4n) is 1.98. The highest BCUT2D eigenvalue weighted by Gasteiger charge is 2.18. The summed E-state index contributed by atoms with van der Waals surface area (Å²) in [5, 5.41) is 0. The Bertz CT molecular complexity index is 335. The maximum Gasteiger partial charge on any atom is 0.119 e. The van der Waals surface area contributed by atoms with Crippen LogP contribution in [0.5, 0.6) is 5.75 Å². The van der Waals surface area contributed by atoms with Crippen molar-refractivity contribution in [3.63, 3.8) is 0 Å². The molecule has 1 aromatic rings. The van der Waals surface area contributed by atoms with Crippen molar-refractivity contribution in [1.82, 2.24) is 0 Å². The Morgan fingerprint density at radius 1 is 1.17 bits per heavy atom. The molecule has 2 atom stereocenters. The molecule has 0 bridgehead atoms. The Kier molecular flexibility index (Phi) is 6.16. The molecule has 0 aliphatic rings. The van der Waals surface area contributed by atoms with Gasteiger partial charge in [-0.05, 0) is 38.0 Å². The first-order valence-corrected chi connectivity index (χ1v) is 6.63. The maximum atomic E-state index is 6.22. The zero-order valence-corrected chi connectivity index (χ0v) is 11.8. The van der Waals surface area contributed by atoms with E-state index >= 15 is 0 Å². The van der Waals surface area contributed by atoms with E-state index in [4.69, 9.17) is 15.2 Å². The SMILES string of the molecule is CCCC(OC)C(N)c1ccc(OC(C)C)cc1. The van der Waals surface area contributed by atoms with E-state index in [0.29, 0.717) is 0 Å². The molecule has 18 heavy (non-hydrogen) atoms. The summed E-state index contributed by atoms with van der Waals surface area (Å²) >= 11 is 0. The zero-order valence-electron chi connectivity index (χ0n) is 11.8. The molecule has 3 heteroatoms. The smallest absolute Gasteiger partial charge is 0.119 e. The molecular formula is C15H25NO2. The second kappa shape index (κ2) is 7.39.